The molecule has 2 fully saturated rings. The zero-order chi connectivity index (χ0) is 17.9. The molecular weight excluding hydrogens is 324 g/mol. The number of carbonyl (C=O) groups excluding carboxylic acids is 3. The van der Waals surface area contributed by atoms with Gasteiger partial charge in [-0.05, 0) is 37.1 Å². The van der Waals surface area contributed by atoms with Crippen LogP contribution in [0.5, 0.6) is 0 Å². The van der Waals surface area contributed by atoms with Crippen LogP contribution in [0, 0.1) is 0 Å². The zero-order valence-electron chi connectivity index (χ0n) is 14.0. The molecule has 132 valence electrons. The van der Waals surface area contributed by atoms with Crippen molar-refractivity contribution in [1.29, 1.82) is 0 Å². The summed E-state index contributed by atoms with van der Waals surface area (Å²) < 4.78 is 10.8. The second-order valence-corrected chi connectivity index (χ2v) is 6.21. The molecule has 1 spiro atoms. The molecule has 1 amide bonds. The summed E-state index contributed by atoms with van der Waals surface area (Å²) >= 11 is 0. The number of anilines is 2. The van der Waals surface area contributed by atoms with Crippen molar-refractivity contribution in [3.8, 4) is 0 Å². The molecule has 1 aromatic rings. The fraction of sp³-hybridized carbons (Fsp3) is 0.389. The largest absolute Gasteiger partial charge is 0.419 e. The van der Waals surface area contributed by atoms with Gasteiger partial charge in [0.25, 0.3) is 5.79 Å². The summed E-state index contributed by atoms with van der Waals surface area (Å²) in [4.78, 5) is 35.4. The van der Waals surface area contributed by atoms with E-state index in [2.05, 4.69) is 10.6 Å². The zero-order valence-corrected chi connectivity index (χ0v) is 14.0. The molecule has 1 saturated carbocycles. The molecule has 0 bridgehead atoms. The highest BCUT2D eigenvalue weighted by Gasteiger charge is 2.46. The van der Waals surface area contributed by atoms with Crippen LogP contribution in [0.15, 0.2) is 36.0 Å². The van der Waals surface area contributed by atoms with Crippen molar-refractivity contribution in [2.45, 2.75) is 44.8 Å². The van der Waals surface area contributed by atoms with Crippen LogP contribution in [0.1, 0.15) is 39.0 Å². The van der Waals surface area contributed by atoms with Crippen molar-refractivity contribution in [1.82, 2.24) is 0 Å². The summed E-state index contributed by atoms with van der Waals surface area (Å²) in [5.74, 6) is -2.57. The second-order valence-electron chi connectivity index (χ2n) is 6.21. The number of ether oxygens (including phenoxy) is 2. The maximum atomic E-state index is 12.2. The predicted octanol–water partition coefficient (Wildman–Crippen LogP) is 2.70. The minimum absolute atomic E-state index is 0.160. The summed E-state index contributed by atoms with van der Waals surface area (Å²) in [7, 11) is 0. The van der Waals surface area contributed by atoms with Gasteiger partial charge in [0.2, 0.25) is 5.91 Å². The van der Waals surface area contributed by atoms with Crippen LogP contribution < -0.4 is 10.6 Å². The molecule has 3 rings (SSSR count). The SMILES string of the molecule is CC(=O)Nc1ccc(NC=C2C(=O)OC3(CCCCC3)OC2=O)cc1. The van der Waals surface area contributed by atoms with Crippen LogP contribution in [-0.2, 0) is 23.9 Å². The maximum Gasteiger partial charge on any atom is 0.350 e. The van der Waals surface area contributed by atoms with E-state index in [4.69, 9.17) is 9.47 Å². The standard InChI is InChI=1S/C18H20N2O5/c1-12(21)20-14-7-5-13(6-8-14)19-11-15-16(22)24-18(25-17(15)23)9-3-2-4-10-18/h5-8,11,19H,2-4,9-10H2,1H3,(H,20,21). The Balaban J connectivity index is 1.66. The number of amides is 1. The molecule has 1 heterocycles. The topological polar surface area (TPSA) is 93.7 Å². The fourth-order valence-corrected chi connectivity index (χ4v) is 2.97. The molecule has 0 aromatic heterocycles. The van der Waals surface area contributed by atoms with Crippen molar-refractivity contribution in [2.24, 2.45) is 0 Å². The highest BCUT2D eigenvalue weighted by molar-refractivity contribution is 6.15. The van der Waals surface area contributed by atoms with E-state index >= 15 is 0 Å². The predicted molar refractivity (Wildman–Crippen MR) is 90.5 cm³/mol. The molecule has 7 heteroatoms. The van der Waals surface area contributed by atoms with Crippen LogP contribution in [0.25, 0.3) is 0 Å². The highest BCUT2D eigenvalue weighted by Crippen LogP contribution is 2.36. The Morgan fingerprint density at radius 3 is 2.12 bits per heavy atom. The molecule has 1 aromatic carbocycles. The lowest BCUT2D eigenvalue weighted by molar-refractivity contribution is -0.244. The summed E-state index contributed by atoms with van der Waals surface area (Å²) in [5, 5.41) is 5.52. The quantitative estimate of drug-likeness (QED) is 0.497. The van der Waals surface area contributed by atoms with E-state index in [0.29, 0.717) is 24.2 Å². The van der Waals surface area contributed by atoms with Gasteiger partial charge >= 0.3 is 11.9 Å². The van der Waals surface area contributed by atoms with Gasteiger partial charge in [0.1, 0.15) is 0 Å². The number of benzene rings is 1. The Bertz CT molecular complexity index is 695. The van der Waals surface area contributed by atoms with Gasteiger partial charge < -0.3 is 20.1 Å². The summed E-state index contributed by atoms with van der Waals surface area (Å²) in [6.45, 7) is 1.43. The van der Waals surface area contributed by atoms with Crippen molar-refractivity contribution >= 4 is 29.2 Å². The van der Waals surface area contributed by atoms with E-state index in [1.54, 1.807) is 24.3 Å². The molecule has 1 saturated heterocycles. The first-order valence-electron chi connectivity index (χ1n) is 8.28. The summed E-state index contributed by atoms with van der Waals surface area (Å²) in [6.07, 6.45) is 5.19. The van der Waals surface area contributed by atoms with E-state index in [9.17, 15) is 14.4 Å². The molecular formula is C18H20N2O5. The molecule has 0 radical (unpaired) electrons. The summed E-state index contributed by atoms with van der Waals surface area (Å²) in [5.41, 5.74) is 1.14. The Morgan fingerprint density at radius 1 is 1.00 bits per heavy atom. The third-order valence-corrected chi connectivity index (χ3v) is 4.20. The Hall–Kier alpha value is -2.83. The van der Waals surface area contributed by atoms with Crippen LogP contribution >= 0.6 is 0 Å². The van der Waals surface area contributed by atoms with Gasteiger partial charge in [-0.2, -0.15) is 0 Å². The van der Waals surface area contributed by atoms with Crippen LogP contribution in [-0.4, -0.2) is 23.6 Å². The highest BCUT2D eigenvalue weighted by atomic mass is 16.7. The van der Waals surface area contributed by atoms with Crippen LogP contribution in [0.4, 0.5) is 11.4 Å². The Labute approximate surface area is 145 Å². The van der Waals surface area contributed by atoms with E-state index in [1.807, 2.05) is 0 Å². The fourth-order valence-electron chi connectivity index (χ4n) is 2.97. The number of esters is 2. The number of hydrogen-bond acceptors (Lipinski definition) is 6. The normalized spacial score (nSPS) is 19.0. The van der Waals surface area contributed by atoms with Gasteiger partial charge in [-0.15, -0.1) is 0 Å². The van der Waals surface area contributed by atoms with Gasteiger partial charge in [-0.1, -0.05) is 6.42 Å². The average Bonchev–Trinajstić information content (AvgIpc) is 2.55. The Morgan fingerprint density at radius 2 is 1.56 bits per heavy atom. The first-order chi connectivity index (χ1) is 12.0. The molecule has 1 aliphatic heterocycles. The number of carbonyl (C=O) groups is 3. The lowest BCUT2D eigenvalue weighted by atomic mass is 9.93. The third kappa shape index (κ3) is 3.99. The van der Waals surface area contributed by atoms with Gasteiger partial charge in [-0.25, -0.2) is 9.59 Å². The molecule has 0 atom stereocenters. The summed E-state index contributed by atoms with van der Waals surface area (Å²) in [6, 6.07) is 6.84. The third-order valence-electron chi connectivity index (χ3n) is 4.20. The van der Waals surface area contributed by atoms with Crippen molar-refractivity contribution < 1.29 is 23.9 Å². The second kappa shape index (κ2) is 6.96. The van der Waals surface area contributed by atoms with Crippen molar-refractivity contribution in [3.63, 3.8) is 0 Å². The van der Waals surface area contributed by atoms with Crippen LogP contribution in [0.3, 0.4) is 0 Å². The Kier molecular flexibility index (Phi) is 4.74. The van der Waals surface area contributed by atoms with Crippen molar-refractivity contribution in [3.05, 3.63) is 36.0 Å². The van der Waals surface area contributed by atoms with Gasteiger partial charge in [0.05, 0.1) is 0 Å². The van der Waals surface area contributed by atoms with Crippen LogP contribution in [0.2, 0.25) is 0 Å². The van der Waals surface area contributed by atoms with E-state index < -0.39 is 17.7 Å². The van der Waals surface area contributed by atoms with Gasteiger partial charge in [0.15, 0.2) is 5.57 Å². The van der Waals surface area contributed by atoms with E-state index in [0.717, 1.165) is 19.3 Å². The molecule has 2 aliphatic rings. The molecule has 1 aliphatic carbocycles. The van der Waals surface area contributed by atoms with Gasteiger partial charge in [-0.3, -0.25) is 4.79 Å². The van der Waals surface area contributed by atoms with E-state index in [1.165, 1.54) is 13.1 Å². The number of nitrogens with one attached hydrogen (secondary N) is 2. The smallest absolute Gasteiger partial charge is 0.350 e. The molecule has 0 unspecified atom stereocenters. The first kappa shape index (κ1) is 17.0. The molecule has 25 heavy (non-hydrogen) atoms. The average molecular weight is 344 g/mol. The minimum atomic E-state index is -1.08. The minimum Gasteiger partial charge on any atom is -0.419 e. The molecule has 2 N–H and O–H groups in total. The maximum absolute atomic E-state index is 12.2. The number of rotatable bonds is 3. The number of hydrogen-bond donors (Lipinski definition) is 2. The molecule has 7 nitrogen and oxygen atoms in total. The monoisotopic (exact) mass is 344 g/mol. The van der Waals surface area contributed by atoms with Gasteiger partial charge in [0, 0.05) is 37.3 Å². The lowest BCUT2D eigenvalue weighted by Crippen LogP contribution is -2.47. The van der Waals surface area contributed by atoms with Crippen molar-refractivity contribution in [2.75, 3.05) is 10.6 Å². The lowest BCUT2D eigenvalue weighted by Gasteiger charge is -2.38. The van der Waals surface area contributed by atoms with E-state index in [-0.39, 0.29) is 11.5 Å². The first-order valence-corrected chi connectivity index (χ1v) is 8.28.